The largest absolute Gasteiger partial charge is 0.493 e. The number of benzene rings is 2. The molecule has 2 aromatic carbocycles. The number of nitriles is 2. The quantitative estimate of drug-likeness (QED) is 0.413. The number of rotatable bonds is 9. The van der Waals surface area contributed by atoms with Crippen LogP contribution in [0.2, 0.25) is 0 Å². The van der Waals surface area contributed by atoms with Crippen molar-refractivity contribution in [3.05, 3.63) is 53.6 Å². The topological polar surface area (TPSA) is 133 Å². The molecule has 38 heavy (non-hydrogen) atoms. The molecule has 1 aliphatic carbocycles. The number of nitrogens with one attached hydrogen (secondary N) is 2. The normalized spacial score (nSPS) is 16.9. The van der Waals surface area contributed by atoms with Crippen molar-refractivity contribution in [2.24, 2.45) is 0 Å². The SMILES string of the molecule is CC(C)(C)OC(=O)NC1CCC(NC(=O)c2cc(OCCCC#N)cc(Oc3ccc(C#N)cc3)c2)CC1. The van der Waals surface area contributed by atoms with Gasteiger partial charge in [0, 0.05) is 30.1 Å². The molecule has 9 nitrogen and oxygen atoms in total. The molecule has 2 amide bonds. The number of hydrogen-bond donors (Lipinski definition) is 2. The Labute approximate surface area is 223 Å². The molecular formula is C29H34N4O5. The molecule has 3 rings (SSSR count). The zero-order valence-electron chi connectivity index (χ0n) is 22.1. The smallest absolute Gasteiger partial charge is 0.407 e. The van der Waals surface area contributed by atoms with Crippen molar-refractivity contribution < 1.29 is 23.8 Å². The van der Waals surface area contributed by atoms with E-state index in [4.69, 9.17) is 24.7 Å². The van der Waals surface area contributed by atoms with E-state index in [-0.39, 0.29) is 18.0 Å². The molecule has 0 spiro atoms. The van der Waals surface area contributed by atoms with Crippen LogP contribution in [0.5, 0.6) is 17.2 Å². The average Bonchev–Trinajstić information content (AvgIpc) is 2.87. The van der Waals surface area contributed by atoms with Gasteiger partial charge in [0.25, 0.3) is 5.91 Å². The highest BCUT2D eigenvalue weighted by atomic mass is 16.6. The van der Waals surface area contributed by atoms with Gasteiger partial charge in [-0.05, 0) is 89.3 Å². The Kier molecular flexibility index (Phi) is 9.95. The second-order valence-electron chi connectivity index (χ2n) is 10.2. The Morgan fingerprint density at radius 1 is 0.921 bits per heavy atom. The minimum Gasteiger partial charge on any atom is -0.493 e. The van der Waals surface area contributed by atoms with Gasteiger partial charge in [-0.15, -0.1) is 0 Å². The highest BCUT2D eigenvalue weighted by Gasteiger charge is 2.26. The van der Waals surface area contributed by atoms with Gasteiger partial charge in [0.15, 0.2) is 0 Å². The number of amides is 2. The Morgan fingerprint density at radius 3 is 2.16 bits per heavy atom. The zero-order valence-corrected chi connectivity index (χ0v) is 22.1. The van der Waals surface area contributed by atoms with Crippen molar-refractivity contribution in [3.63, 3.8) is 0 Å². The lowest BCUT2D eigenvalue weighted by molar-refractivity contribution is 0.0488. The average molecular weight is 519 g/mol. The predicted molar refractivity (Wildman–Crippen MR) is 141 cm³/mol. The van der Waals surface area contributed by atoms with E-state index in [0.717, 1.165) is 25.7 Å². The summed E-state index contributed by atoms with van der Waals surface area (Å²) in [5, 5.41) is 23.8. The van der Waals surface area contributed by atoms with E-state index >= 15 is 0 Å². The third-order valence-electron chi connectivity index (χ3n) is 5.85. The maximum Gasteiger partial charge on any atom is 0.407 e. The summed E-state index contributed by atoms with van der Waals surface area (Å²) < 4.78 is 17.1. The summed E-state index contributed by atoms with van der Waals surface area (Å²) in [6, 6.07) is 15.8. The maximum atomic E-state index is 13.2. The van der Waals surface area contributed by atoms with Crippen LogP contribution in [0.15, 0.2) is 42.5 Å². The molecule has 0 aliphatic heterocycles. The Bertz CT molecular complexity index is 1180. The van der Waals surface area contributed by atoms with Gasteiger partial charge in [-0.2, -0.15) is 10.5 Å². The van der Waals surface area contributed by atoms with Crippen molar-refractivity contribution in [2.75, 3.05) is 6.61 Å². The van der Waals surface area contributed by atoms with Crippen LogP contribution in [0, 0.1) is 22.7 Å². The van der Waals surface area contributed by atoms with Crippen molar-refractivity contribution in [1.29, 1.82) is 10.5 Å². The Morgan fingerprint density at radius 2 is 1.55 bits per heavy atom. The first-order valence-corrected chi connectivity index (χ1v) is 12.8. The van der Waals surface area contributed by atoms with E-state index in [1.807, 2.05) is 20.8 Å². The third kappa shape index (κ3) is 9.33. The second kappa shape index (κ2) is 13.3. The van der Waals surface area contributed by atoms with Crippen molar-refractivity contribution >= 4 is 12.0 Å². The summed E-state index contributed by atoms with van der Waals surface area (Å²) in [4.78, 5) is 25.2. The van der Waals surface area contributed by atoms with E-state index in [1.165, 1.54) is 0 Å². The fraction of sp³-hybridized carbons (Fsp3) is 0.448. The lowest BCUT2D eigenvalue weighted by Gasteiger charge is -2.30. The molecule has 0 bridgehead atoms. The Balaban J connectivity index is 1.63. The molecule has 200 valence electrons. The van der Waals surface area contributed by atoms with E-state index < -0.39 is 11.7 Å². The van der Waals surface area contributed by atoms with Crippen LogP contribution in [0.25, 0.3) is 0 Å². The fourth-order valence-corrected chi connectivity index (χ4v) is 4.04. The number of unbranched alkanes of at least 4 members (excludes halogenated alkanes) is 1. The number of carbonyl (C=O) groups excluding carboxylic acids is 2. The van der Waals surface area contributed by atoms with Gasteiger partial charge >= 0.3 is 6.09 Å². The first-order chi connectivity index (χ1) is 18.1. The van der Waals surface area contributed by atoms with Crippen molar-refractivity contribution in [2.45, 2.75) is 77.0 Å². The Hall–Kier alpha value is -4.24. The molecule has 1 fully saturated rings. The van der Waals surface area contributed by atoms with Gasteiger partial charge in [-0.25, -0.2) is 4.79 Å². The molecular weight excluding hydrogens is 484 g/mol. The second-order valence-corrected chi connectivity index (χ2v) is 10.2. The maximum absolute atomic E-state index is 13.2. The van der Waals surface area contributed by atoms with Crippen molar-refractivity contribution in [3.8, 4) is 29.4 Å². The molecule has 0 atom stereocenters. The standard InChI is InChI=1S/C29H34N4O5/c1-29(2,3)38-28(35)33-23-10-8-22(9-11-23)32-27(34)21-16-25(36-15-5-4-14-30)18-26(17-21)37-24-12-6-20(19-31)7-13-24/h6-7,12-13,16-18,22-23H,4-5,8-11,15H2,1-3H3,(H,32,34)(H,33,35). The number of carbonyl (C=O) groups is 2. The summed E-state index contributed by atoms with van der Waals surface area (Å²) in [6.07, 6.45) is 3.44. The molecule has 0 radical (unpaired) electrons. The third-order valence-corrected chi connectivity index (χ3v) is 5.85. The number of ether oxygens (including phenoxy) is 3. The van der Waals surface area contributed by atoms with Gasteiger partial charge in [0.1, 0.15) is 22.8 Å². The van der Waals surface area contributed by atoms with Crippen LogP contribution in [0.4, 0.5) is 4.79 Å². The molecule has 0 unspecified atom stereocenters. The lowest BCUT2D eigenvalue weighted by atomic mass is 9.91. The van der Waals surface area contributed by atoms with Crippen LogP contribution in [-0.2, 0) is 4.74 Å². The summed E-state index contributed by atoms with van der Waals surface area (Å²) in [6.45, 7) is 5.81. The van der Waals surface area contributed by atoms with Crippen LogP contribution < -0.4 is 20.1 Å². The first-order valence-electron chi connectivity index (χ1n) is 12.8. The lowest BCUT2D eigenvalue weighted by Crippen LogP contribution is -2.45. The number of hydrogen-bond acceptors (Lipinski definition) is 7. The fourth-order valence-electron chi connectivity index (χ4n) is 4.04. The molecule has 1 saturated carbocycles. The van der Waals surface area contributed by atoms with Crippen LogP contribution in [0.1, 0.15) is 75.2 Å². The van der Waals surface area contributed by atoms with Gasteiger partial charge in [-0.3, -0.25) is 4.79 Å². The van der Waals surface area contributed by atoms with Crippen molar-refractivity contribution in [1.82, 2.24) is 10.6 Å². The number of nitrogens with zero attached hydrogens (tertiary/aromatic N) is 2. The highest BCUT2D eigenvalue weighted by molar-refractivity contribution is 5.95. The molecule has 0 heterocycles. The molecule has 2 N–H and O–H groups in total. The van der Waals surface area contributed by atoms with Gasteiger partial charge in [0.2, 0.25) is 0 Å². The highest BCUT2D eigenvalue weighted by Crippen LogP contribution is 2.29. The predicted octanol–water partition coefficient (Wildman–Crippen LogP) is 5.60. The molecule has 2 aromatic rings. The van der Waals surface area contributed by atoms with E-state index in [1.54, 1.807) is 42.5 Å². The summed E-state index contributed by atoms with van der Waals surface area (Å²) in [5.74, 6) is 1.15. The van der Waals surface area contributed by atoms with Crippen LogP contribution in [0.3, 0.4) is 0 Å². The monoisotopic (exact) mass is 518 g/mol. The summed E-state index contributed by atoms with van der Waals surface area (Å²) >= 11 is 0. The zero-order chi connectivity index (χ0) is 27.5. The van der Waals surface area contributed by atoms with Gasteiger partial charge in [-0.1, -0.05) is 0 Å². The molecule has 0 aromatic heterocycles. The van der Waals surface area contributed by atoms with E-state index in [9.17, 15) is 9.59 Å². The minimum atomic E-state index is -0.550. The molecule has 9 heteroatoms. The van der Waals surface area contributed by atoms with E-state index in [2.05, 4.69) is 22.8 Å². The minimum absolute atomic E-state index is 0.00978. The number of alkyl carbamates (subject to hydrolysis) is 1. The van der Waals surface area contributed by atoms with Gasteiger partial charge < -0.3 is 24.8 Å². The summed E-state index contributed by atoms with van der Waals surface area (Å²) in [5.41, 5.74) is 0.356. The van der Waals surface area contributed by atoms with Crippen LogP contribution in [-0.4, -0.2) is 36.3 Å². The van der Waals surface area contributed by atoms with Crippen LogP contribution >= 0.6 is 0 Å². The van der Waals surface area contributed by atoms with E-state index in [0.29, 0.717) is 47.8 Å². The van der Waals surface area contributed by atoms with Gasteiger partial charge in [0.05, 0.1) is 24.3 Å². The molecule has 0 saturated heterocycles. The summed E-state index contributed by atoms with van der Waals surface area (Å²) in [7, 11) is 0. The first kappa shape index (κ1) is 28.3. The molecule has 1 aliphatic rings.